The molecule has 1 fully saturated rings. The maximum absolute atomic E-state index is 12.7. The van der Waals surface area contributed by atoms with E-state index < -0.39 is 61.3 Å². The van der Waals surface area contributed by atoms with Gasteiger partial charge in [0, 0.05) is 31.3 Å². The molecule has 156 valence electrons. The number of ether oxygens (including phenoxy) is 1. The van der Waals surface area contributed by atoms with E-state index in [-0.39, 0.29) is 25.1 Å². The molecule has 1 saturated heterocycles. The second-order valence-electron chi connectivity index (χ2n) is 6.57. The largest absolute Gasteiger partial charge is 0.480 e. The zero-order valence-electron chi connectivity index (χ0n) is 15.2. The Morgan fingerprint density at radius 3 is 2.36 bits per heavy atom. The number of hydrogen-bond donors (Lipinski definition) is 4. The minimum Gasteiger partial charge on any atom is -0.480 e. The number of aliphatic hydroxyl groups is 2. The highest BCUT2D eigenvalue weighted by Crippen LogP contribution is 2.27. The number of rotatable bonds is 9. The molecule has 28 heavy (non-hydrogen) atoms. The van der Waals surface area contributed by atoms with Crippen LogP contribution in [0.15, 0.2) is 15.8 Å². The number of aliphatic hydroxyl groups excluding tert-OH is 2. The van der Waals surface area contributed by atoms with Crippen LogP contribution in [0.1, 0.15) is 18.2 Å². The first kappa shape index (κ1) is 21.8. The summed E-state index contributed by atoms with van der Waals surface area (Å²) in [4.78, 5) is 47.9. The molecule has 0 unspecified atom stereocenters. The standard InChI is InChI=1S/C16H23N3O9/c1-9-5-19(12-4-10(21)11(8-20)28-12)16(27)18(15(9)26)3-2-17(6-13(22)23)7-14(24)25/h5,10-12,20-21H,2-4,6-8H2,1H3,(H,22,23)(H,24,25)/t10-,11+,12+/m0/s1. The lowest BCUT2D eigenvalue weighted by Crippen LogP contribution is -2.45. The first-order chi connectivity index (χ1) is 13.1. The van der Waals surface area contributed by atoms with Crippen molar-refractivity contribution in [1.29, 1.82) is 0 Å². The fraction of sp³-hybridized carbons (Fsp3) is 0.625. The summed E-state index contributed by atoms with van der Waals surface area (Å²) in [6.45, 7) is -0.433. The predicted octanol–water partition coefficient (Wildman–Crippen LogP) is -2.57. The van der Waals surface area contributed by atoms with Crippen molar-refractivity contribution < 1.29 is 34.8 Å². The van der Waals surface area contributed by atoms with Crippen LogP contribution in [0.25, 0.3) is 0 Å². The molecule has 0 spiro atoms. The lowest BCUT2D eigenvalue weighted by atomic mass is 10.2. The van der Waals surface area contributed by atoms with Gasteiger partial charge in [-0.3, -0.25) is 28.4 Å². The third-order valence-electron chi connectivity index (χ3n) is 4.42. The van der Waals surface area contributed by atoms with Gasteiger partial charge in [-0.25, -0.2) is 4.79 Å². The minimum atomic E-state index is -1.24. The average Bonchev–Trinajstić information content (AvgIpc) is 2.97. The van der Waals surface area contributed by atoms with Crippen LogP contribution in [0.4, 0.5) is 0 Å². The molecule has 2 heterocycles. The van der Waals surface area contributed by atoms with Gasteiger partial charge in [0.25, 0.3) is 5.56 Å². The number of aromatic nitrogens is 2. The van der Waals surface area contributed by atoms with Gasteiger partial charge in [-0.05, 0) is 6.92 Å². The fourth-order valence-electron chi connectivity index (χ4n) is 3.05. The first-order valence-corrected chi connectivity index (χ1v) is 8.57. The Morgan fingerprint density at radius 2 is 1.86 bits per heavy atom. The second-order valence-corrected chi connectivity index (χ2v) is 6.57. The second kappa shape index (κ2) is 9.10. The van der Waals surface area contributed by atoms with Gasteiger partial charge >= 0.3 is 17.6 Å². The van der Waals surface area contributed by atoms with Crippen LogP contribution in [0, 0.1) is 6.92 Å². The molecule has 1 aromatic heterocycles. The topological polar surface area (TPSA) is 172 Å². The highest BCUT2D eigenvalue weighted by Gasteiger charge is 2.35. The quantitative estimate of drug-likeness (QED) is 0.345. The Kier molecular flexibility index (Phi) is 7.07. The zero-order valence-corrected chi connectivity index (χ0v) is 15.2. The lowest BCUT2D eigenvalue weighted by molar-refractivity contribution is -0.141. The Bertz CT molecular complexity index is 831. The summed E-state index contributed by atoms with van der Waals surface area (Å²) in [6, 6.07) is 0. The molecule has 1 aliphatic heterocycles. The molecule has 0 aromatic carbocycles. The third-order valence-corrected chi connectivity index (χ3v) is 4.42. The molecule has 2 rings (SSSR count). The molecule has 0 radical (unpaired) electrons. The van der Waals surface area contributed by atoms with Crippen LogP contribution in [0.2, 0.25) is 0 Å². The van der Waals surface area contributed by atoms with Crippen LogP contribution in [0.5, 0.6) is 0 Å². The number of aliphatic carboxylic acids is 2. The van der Waals surface area contributed by atoms with Crippen LogP contribution >= 0.6 is 0 Å². The number of carboxylic acids is 2. The summed E-state index contributed by atoms with van der Waals surface area (Å²) in [5.74, 6) is -2.47. The third kappa shape index (κ3) is 5.04. The van der Waals surface area contributed by atoms with Gasteiger partial charge in [-0.2, -0.15) is 0 Å². The van der Waals surface area contributed by atoms with E-state index in [1.807, 2.05) is 0 Å². The van der Waals surface area contributed by atoms with Crippen molar-refractivity contribution in [2.24, 2.45) is 0 Å². The molecular weight excluding hydrogens is 378 g/mol. The minimum absolute atomic E-state index is 0.0485. The molecule has 1 aliphatic rings. The molecule has 4 N–H and O–H groups in total. The Balaban J connectivity index is 2.28. The smallest absolute Gasteiger partial charge is 0.333 e. The van der Waals surface area contributed by atoms with Crippen molar-refractivity contribution >= 4 is 11.9 Å². The zero-order chi connectivity index (χ0) is 21.0. The molecule has 1 aromatic rings. The van der Waals surface area contributed by atoms with Gasteiger partial charge < -0.3 is 25.2 Å². The van der Waals surface area contributed by atoms with E-state index in [0.717, 1.165) is 14.0 Å². The van der Waals surface area contributed by atoms with Gasteiger partial charge in [-0.15, -0.1) is 0 Å². The van der Waals surface area contributed by atoms with Crippen molar-refractivity contribution in [3.63, 3.8) is 0 Å². The SMILES string of the molecule is Cc1cn([C@H]2C[C@H](O)[C@@H](CO)O2)c(=O)n(CCN(CC(=O)O)CC(=O)O)c1=O. The van der Waals surface area contributed by atoms with Crippen molar-refractivity contribution in [3.8, 4) is 0 Å². The summed E-state index contributed by atoms with van der Waals surface area (Å²) < 4.78 is 7.45. The molecular formula is C16H23N3O9. The summed E-state index contributed by atoms with van der Waals surface area (Å²) in [5, 5.41) is 36.8. The van der Waals surface area contributed by atoms with E-state index in [2.05, 4.69) is 0 Å². The van der Waals surface area contributed by atoms with E-state index in [4.69, 9.17) is 14.9 Å². The highest BCUT2D eigenvalue weighted by molar-refractivity contribution is 5.72. The van der Waals surface area contributed by atoms with E-state index in [1.54, 1.807) is 0 Å². The number of carbonyl (C=O) groups is 2. The molecule has 0 aliphatic carbocycles. The van der Waals surface area contributed by atoms with Gasteiger partial charge in [0.1, 0.15) is 12.3 Å². The van der Waals surface area contributed by atoms with Crippen molar-refractivity contribution in [2.75, 3.05) is 26.2 Å². The van der Waals surface area contributed by atoms with Gasteiger partial charge in [0.2, 0.25) is 0 Å². The van der Waals surface area contributed by atoms with E-state index >= 15 is 0 Å². The van der Waals surface area contributed by atoms with Crippen molar-refractivity contribution in [1.82, 2.24) is 14.0 Å². The van der Waals surface area contributed by atoms with Crippen LogP contribution < -0.4 is 11.2 Å². The summed E-state index contributed by atoms with van der Waals surface area (Å²) >= 11 is 0. The lowest BCUT2D eigenvalue weighted by Gasteiger charge is -2.20. The first-order valence-electron chi connectivity index (χ1n) is 8.57. The Morgan fingerprint density at radius 1 is 1.25 bits per heavy atom. The molecule has 12 nitrogen and oxygen atoms in total. The van der Waals surface area contributed by atoms with Gasteiger partial charge in [-0.1, -0.05) is 0 Å². The van der Waals surface area contributed by atoms with Gasteiger partial charge in [0.15, 0.2) is 0 Å². The number of carboxylic acid groups (broad SMARTS) is 2. The maximum atomic E-state index is 12.7. The van der Waals surface area contributed by atoms with Crippen molar-refractivity contribution in [3.05, 3.63) is 32.6 Å². The van der Waals surface area contributed by atoms with E-state index in [1.165, 1.54) is 13.1 Å². The number of nitrogens with zero attached hydrogens (tertiary/aromatic N) is 3. The predicted molar refractivity (Wildman–Crippen MR) is 93.0 cm³/mol. The number of hydrogen-bond acceptors (Lipinski definition) is 8. The molecule has 3 atom stereocenters. The molecule has 0 saturated carbocycles. The van der Waals surface area contributed by atoms with Crippen LogP contribution in [-0.2, 0) is 20.9 Å². The average molecular weight is 401 g/mol. The van der Waals surface area contributed by atoms with E-state index in [9.17, 15) is 29.4 Å². The van der Waals surface area contributed by atoms with Crippen LogP contribution in [-0.4, -0.2) is 84.8 Å². The maximum Gasteiger partial charge on any atom is 0.333 e. The monoisotopic (exact) mass is 401 g/mol. The van der Waals surface area contributed by atoms with Crippen molar-refractivity contribution in [2.45, 2.75) is 38.3 Å². The fourth-order valence-corrected chi connectivity index (χ4v) is 3.05. The highest BCUT2D eigenvalue weighted by atomic mass is 16.5. The molecule has 0 bridgehead atoms. The summed E-state index contributed by atoms with van der Waals surface area (Å²) in [6.07, 6.45) is -1.35. The molecule has 12 heteroatoms. The van der Waals surface area contributed by atoms with Crippen LogP contribution in [0.3, 0.4) is 0 Å². The Labute approximate surface area is 158 Å². The summed E-state index contributed by atoms with van der Waals surface area (Å²) in [5.41, 5.74) is -1.12. The van der Waals surface area contributed by atoms with Gasteiger partial charge in [0.05, 0.1) is 25.8 Å². The Hall–Kier alpha value is -2.54. The normalized spacial score (nSPS) is 21.9. The number of aryl methyl sites for hydroxylation is 1. The molecule has 0 amide bonds. The summed E-state index contributed by atoms with van der Waals surface area (Å²) in [7, 11) is 0. The van der Waals surface area contributed by atoms with E-state index in [0.29, 0.717) is 0 Å².